The fourth-order valence-corrected chi connectivity index (χ4v) is 1.90. The summed E-state index contributed by atoms with van der Waals surface area (Å²) in [4.78, 5) is 13.7. The van der Waals surface area contributed by atoms with Crippen LogP contribution in [0.4, 0.5) is 11.6 Å². The van der Waals surface area contributed by atoms with Gasteiger partial charge in [0.2, 0.25) is 0 Å². The van der Waals surface area contributed by atoms with Crippen molar-refractivity contribution >= 4 is 11.6 Å². The molecule has 1 aliphatic rings. The lowest BCUT2D eigenvalue weighted by Crippen LogP contribution is -2.30. The Kier molecular flexibility index (Phi) is 3.02. The average molecular weight is 225 g/mol. The maximum absolute atomic E-state index is 10.9. The van der Waals surface area contributed by atoms with Gasteiger partial charge in [-0.2, -0.15) is 0 Å². The van der Waals surface area contributed by atoms with Crippen molar-refractivity contribution in [2.24, 2.45) is 0 Å². The zero-order chi connectivity index (χ0) is 11.5. The van der Waals surface area contributed by atoms with Crippen molar-refractivity contribution in [3.05, 3.63) is 10.1 Å². The third kappa shape index (κ3) is 1.98. The highest BCUT2D eigenvalue weighted by Crippen LogP contribution is 2.25. The first-order valence-electron chi connectivity index (χ1n) is 5.57. The summed E-state index contributed by atoms with van der Waals surface area (Å²) in [6.45, 7) is 4.09. The van der Waals surface area contributed by atoms with E-state index in [1.807, 2.05) is 11.8 Å². The number of hydrogen-bond acceptors (Lipinski definition) is 5. The van der Waals surface area contributed by atoms with Crippen LogP contribution in [-0.2, 0) is 6.54 Å². The van der Waals surface area contributed by atoms with E-state index in [1.165, 1.54) is 11.2 Å². The Labute approximate surface area is 93.2 Å². The van der Waals surface area contributed by atoms with Crippen molar-refractivity contribution in [2.45, 2.75) is 32.7 Å². The number of piperidine rings is 1. The van der Waals surface area contributed by atoms with Gasteiger partial charge in [0.1, 0.15) is 0 Å². The average Bonchev–Trinajstić information content (AvgIpc) is 2.74. The molecule has 0 N–H and O–H groups in total. The van der Waals surface area contributed by atoms with E-state index in [1.54, 1.807) is 0 Å². The van der Waals surface area contributed by atoms with Crippen LogP contribution >= 0.6 is 0 Å². The topological polar surface area (TPSA) is 77.1 Å². The standard InChI is InChI=1S/C9H15N5O2/c1-2-13-10-8(9(11-13)14(15)16)12-6-4-3-5-7-12/h2-7H2,1H3. The van der Waals surface area contributed by atoms with Gasteiger partial charge < -0.3 is 15.0 Å². The highest BCUT2D eigenvalue weighted by molar-refractivity contribution is 5.52. The fraction of sp³-hybridized carbons (Fsp3) is 0.778. The quantitative estimate of drug-likeness (QED) is 0.570. The van der Waals surface area contributed by atoms with Crippen LogP contribution in [0.15, 0.2) is 0 Å². The molecule has 0 radical (unpaired) electrons. The summed E-state index contributed by atoms with van der Waals surface area (Å²) in [5.41, 5.74) is 0. The Bertz CT molecular complexity index is 383. The van der Waals surface area contributed by atoms with Crippen LogP contribution in [-0.4, -0.2) is 33.0 Å². The van der Waals surface area contributed by atoms with Crippen LogP contribution in [0.25, 0.3) is 0 Å². The van der Waals surface area contributed by atoms with Gasteiger partial charge in [-0.15, -0.1) is 5.10 Å². The second-order valence-corrected chi connectivity index (χ2v) is 3.84. The van der Waals surface area contributed by atoms with E-state index < -0.39 is 4.92 Å². The lowest BCUT2D eigenvalue weighted by atomic mass is 10.1. The molecule has 1 aromatic heterocycles. The maximum atomic E-state index is 10.9. The number of rotatable bonds is 3. The van der Waals surface area contributed by atoms with Crippen molar-refractivity contribution in [2.75, 3.05) is 18.0 Å². The van der Waals surface area contributed by atoms with Gasteiger partial charge in [0.15, 0.2) is 0 Å². The third-order valence-electron chi connectivity index (χ3n) is 2.73. The van der Waals surface area contributed by atoms with E-state index in [0.717, 1.165) is 25.9 Å². The second kappa shape index (κ2) is 4.46. The van der Waals surface area contributed by atoms with E-state index in [9.17, 15) is 10.1 Å². The zero-order valence-electron chi connectivity index (χ0n) is 9.30. The summed E-state index contributed by atoms with van der Waals surface area (Å²) in [6, 6.07) is 0. The molecule has 0 aromatic carbocycles. The minimum atomic E-state index is -0.455. The lowest BCUT2D eigenvalue weighted by molar-refractivity contribution is -0.389. The van der Waals surface area contributed by atoms with E-state index in [4.69, 9.17) is 0 Å². The van der Waals surface area contributed by atoms with Crippen molar-refractivity contribution in [1.29, 1.82) is 0 Å². The first-order valence-corrected chi connectivity index (χ1v) is 5.57. The van der Waals surface area contributed by atoms with Crippen molar-refractivity contribution in [3.63, 3.8) is 0 Å². The number of nitro groups is 1. The van der Waals surface area contributed by atoms with Crippen molar-refractivity contribution in [3.8, 4) is 0 Å². The molecule has 0 spiro atoms. The van der Waals surface area contributed by atoms with Gasteiger partial charge in [0, 0.05) is 13.1 Å². The van der Waals surface area contributed by atoms with E-state index in [0.29, 0.717) is 12.4 Å². The number of hydrogen-bond donors (Lipinski definition) is 0. The zero-order valence-corrected chi connectivity index (χ0v) is 9.30. The molecular formula is C9H15N5O2. The predicted octanol–water partition coefficient (Wildman–Crippen LogP) is 1.20. The third-order valence-corrected chi connectivity index (χ3v) is 2.73. The maximum Gasteiger partial charge on any atom is 0.434 e. The Morgan fingerprint density at radius 3 is 2.56 bits per heavy atom. The smallest absolute Gasteiger partial charge is 0.358 e. The molecule has 2 rings (SSSR count). The van der Waals surface area contributed by atoms with Gasteiger partial charge in [-0.1, -0.05) is 4.80 Å². The van der Waals surface area contributed by atoms with Gasteiger partial charge in [-0.25, -0.2) is 0 Å². The molecule has 88 valence electrons. The van der Waals surface area contributed by atoms with Crippen LogP contribution in [0.1, 0.15) is 26.2 Å². The number of aryl methyl sites for hydroxylation is 1. The van der Waals surface area contributed by atoms with Crippen LogP contribution in [0.5, 0.6) is 0 Å². The molecule has 16 heavy (non-hydrogen) atoms. The van der Waals surface area contributed by atoms with Crippen molar-refractivity contribution in [1.82, 2.24) is 15.0 Å². The Hall–Kier alpha value is -1.66. The van der Waals surface area contributed by atoms with Gasteiger partial charge in [0.05, 0.1) is 11.6 Å². The predicted molar refractivity (Wildman–Crippen MR) is 58.4 cm³/mol. The SMILES string of the molecule is CCn1nc(N2CCCCC2)c([N+](=O)[O-])n1. The van der Waals surface area contributed by atoms with Crippen LogP contribution in [0.2, 0.25) is 0 Å². The molecular weight excluding hydrogens is 210 g/mol. The number of aromatic nitrogens is 3. The van der Waals surface area contributed by atoms with Gasteiger partial charge in [0.25, 0.3) is 5.82 Å². The minimum absolute atomic E-state index is 0.122. The molecule has 1 aromatic rings. The lowest BCUT2D eigenvalue weighted by Gasteiger charge is -2.25. The Morgan fingerprint density at radius 1 is 1.31 bits per heavy atom. The molecule has 1 fully saturated rings. The van der Waals surface area contributed by atoms with Crippen molar-refractivity contribution < 1.29 is 4.92 Å². The molecule has 0 atom stereocenters. The molecule has 7 nitrogen and oxygen atoms in total. The van der Waals surface area contributed by atoms with Crippen LogP contribution < -0.4 is 4.90 Å². The van der Waals surface area contributed by atoms with E-state index in [2.05, 4.69) is 10.2 Å². The van der Waals surface area contributed by atoms with Crippen LogP contribution in [0.3, 0.4) is 0 Å². The second-order valence-electron chi connectivity index (χ2n) is 3.84. The van der Waals surface area contributed by atoms with E-state index >= 15 is 0 Å². The highest BCUT2D eigenvalue weighted by Gasteiger charge is 2.28. The summed E-state index contributed by atoms with van der Waals surface area (Å²) in [5.74, 6) is 0.301. The van der Waals surface area contributed by atoms with Gasteiger partial charge in [-0.3, -0.25) is 0 Å². The summed E-state index contributed by atoms with van der Waals surface area (Å²) < 4.78 is 0. The normalized spacial score (nSPS) is 16.4. The van der Waals surface area contributed by atoms with Gasteiger partial charge >= 0.3 is 5.82 Å². The molecule has 1 saturated heterocycles. The van der Waals surface area contributed by atoms with Crippen LogP contribution in [0, 0.1) is 10.1 Å². The fourth-order valence-electron chi connectivity index (χ4n) is 1.90. The molecule has 1 aliphatic heterocycles. The minimum Gasteiger partial charge on any atom is -0.358 e. The monoisotopic (exact) mass is 225 g/mol. The molecule has 0 unspecified atom stereocenters. The molecule has 0 saturated carbocycles. The Morgan fingerprint density at radius 2 is 2.00 bits per heavy atom. The molecule has 2 heterocycles. The summed E-state index contributed by atoms with van der Waals surface area (Å²) in [5, 5.41) is 18.9. The Balaban J connectivity index is 2.29. The molecule has 0 aliphatic carbocycles. The number of nitrogens with zero attached hydrogens (tertiary/aromatic N) is 5. The summed E-state index contributed by atoms with van der Waals surface area (Å²) in [6.07, 6.45) is 3.32. The van der Waals surface area contributed by atoms with Gasteiger partial charge in [-0.05, 0) is 31.1 Å². The number of anilines is 1. The summed E-state index contributed by atoms with van der Waals surface area (Å²) >= 11 is 0. The first-order chi connectivity index (χ1) is 7.72. The largest absolute Gasteiger partial charge is 0.434 e. The molecule has 0 bridgehead atoms. The summed E-state index contributed by atoms with van der Waals surface area (Å²) in [7, 11) is 0. The molecule has 0 amide bonds. The first kappa shape index (κ1) is 10.8. The van der Waals surface area contributed by atoms with E-state index in [-0.39, 0.29) is 5.82 Å². The highest BCUT2D eigenvalue weighted by atomic mass is 16.6. The molecule has 7 heteroatoms.